The standard InChI is InChI=1S/C13H11BrFN5S/c1-19(9-5-3-4-8(15)6-9)13-18-12(21-2)17-11-10(14)7-16-20(11)13/h3-7H,1-2H3. The van der Waals surface area contributed by atoms with Crippen LogP contribution in [0.2, 0.25) is 0 Å². The number of anilines is 2. The molecule has 3 rings (SSSR count). The summed E-state index contributed by atoms with van der Waals surface area (Å²) in [6.07, 6.45) is 3.57. The van der Waals surface area contributed by atoms with Crippen LogP contribution in [-0.4, -0.2) is 32.9 Å². The third-order valence-corrected chi connectivity index (χ3v) is 4.07. The molecule has 108 valence electrons. The van der Waals surface area contributed by atoms with E-state index in [-0.39, 0.29) is 5.82 Å². The molecule has 0 N–H and O–H groups in total. The van der Waals surface area contributed by atoms with Gasteiger partial charge in [0.25, 0.3) is 0 Å². The first kappa shape index (κ1) is 14.3. The van der Waals surface area contributed by atoms with Gasteiger partial charge in [-0.15, -0.1) is 0 Å². The number of hydrogen-bond acceptors (Lipinski definition) is 5. The molecule has 2 aromatic heterocycles. The topological polar surface area (TPSA) is 46.3 Å². The highest BCUT2D eigenvalue weighted by Gasteiger charge is 2.16. The summed E-state index contributed by atoms with van der Waals surface area (Å²) in [6, 6.07) is 6.33. The van der Waals surface area contributed by atoms with Crippen molar-refractivity contribution in [1.82, 2.24) is 19.6 Å². The predicted octanol–water partition coefficient (Wildman–Crippen LogP) is 3.52. The molecule has 0 aliphatic carbocycles. The third-order valence-electron chi connectivity index (χ3n) is 2.97. The highest BCUT2D eigenvalue weighted by Crippen LogP contribution is 2.27. The summed E-state index contributed by atoms with van der Waals surface area (Å²) in [6.45, 7) is 0. The van der Waals surface area contributed by atoms with Crippen LogP contribution >= 0.6 is 27.7 Å². The third kappa shape index (κ3) is 2.60. The number of halogens is 2. The van der Waals surface area contributed by atoms with E-state index in [1.807, 2.05) is 19.4 Å². The fourth-order valence-corrected chi connectivity index (χ4v) is 2.63. The van der Waals surface area contributed by atoms with Crippen molar-refractivity contribution in [1.29, 1.82) is 0 Å². The van der Waals surface area contributed by atoms with Gasteiger partial charge in [-0.3, -0.25) is 0 Å². The van der Waals surface area contributed by atoms with Gasteiger partial charge in [-0.05, 0) is 40.4 Å². The molecule has 0 atom stereocenters. The monoisotopic (exact) mass is 367 g/mol. The molecule has 5 nitrogen and oxygen atoms in total. The van der Waals surface area contributed by atoms with Crippen LogP contribution in [0.4, 0.5) is 16.0 Å². The molecule has 0 fully saturated rings. The van der Waals surface area contributed by atoms with Gasteiger partial charge in [0, 0.05) is 12.7 Å². The van der Waals surface area contributed by atoms with Crippen LogP contribution in [0, 0.1) is 5.82 Å². The Morgan fingerprint density at radius 2 is 2.14 bits per heavy atom. The summed E-state index contributed by atoms with van der Waals surface area (Å²) in [7, 11) is 1.82. The molecule has 3 aromatic rings. The van der Waals surface area contributed by atoms with Crippen molar-refractivity contribution < 1.29 is 4.39 Å². The van der Waals surface area contributed by atoms with Crippen LogP contribution in [0.15, 0.2) is 40.1 Å². The summed E-state index contributed by atoms with van der Waals surface area (Å²) in [5.74, 6) is 0.275. The number of aromatic nitrogens is 4. The van der Waals surface area contributed by atoms with E-state index in [1.54, 1.807) is 21.7 Å². The van der Waals surface area contributed by atoms with Crippen LogP contribution in [0.1, 0.15) is 0 Å². The van der Waals surface area contributed by atoms with Crippen molar-refractivity contribution in [3.05, 3.63) is 40.8 Å². The van der Waals surface area contributed by atoms with Crippen molar-refractivity contribution in [3.8, 4) is 0 Å². The number of rotatable bonds is 3. The van der Waals surface area contributed by atoms with Gasteiger partial charge in [0.2, 0.25) is 5.95 Å². The molecule has 0 aliphatic rings. The van der Waals surface area contributed by atoms with Crippen molar-refractivity contribution in [2.75, 3.05) is 18.2 Å². The van der Waals surface area contributed by atoms with E-state index in [0.717, 1.165) is 4.47 Å². The molecule has 0 amide bonds. The second-order valence-corrected chi connectivity index (χ2v) is 5.90. The normalized spacial score (nSPS) is 11.0. The lowest BCUT2D eigenvalue weighted by Crippen LogP contribution is -2.17. The average molecular weight is 368 g/mol. The molecule has 0 unspecified atom stereocenters. The molecule has 0 radical (unpaired) electrons. The maximum atomic E-state index is 13.4. The summed E-state index contributed by atoms with van der Waals surface area (Å²) < 4.78 is 15.8. The minimum atomic E-state index is -0.295. The minimum Gasteiger partial charge on any atom is -0.313 e. The van der Waals surface area contributed by atoms with E-state index >= 15 is 0 Å². The summed E-state index contributed by atoms with van der Waals surface area (Å²) in [4.78, 5) is 10.7. The van der Waals surface area contributed by atoms with Gasteiger partial charge in [-0.1, -0.05) is 17.8 Å². The Bertz CT molecular complexity index is 806. The minimum absolute atomic E-state index is 0.295. The Labute approximate surface area is 133 Å². The summed E-state index contributed by atoms with van der Waals surface area (Å²) in [5, 5.41) is 4.89. The fourth-order valence-electron chi connectivity index (χ4n) is 1.93. The summed E-state index contributed by atoms with van der Waals surface area (Å²) >= 11 is 4.86. The van der Waals surface area contributed by atoms with Crippen molar-refractivity contribution in [2.24, 2.45) is 0 Å². The van der Waals surface area contributed by atoms with Crippen LogP contribution in [-0.2, 0) is 0 Å². The zero-order valence-electron chi connectivity index (χ0n) is 11.3. The van der Waals surface area contributed by atoms with E-state index in [9.17, 15) is 4.39 Å². The number of hydrogen-bond donors (Lipinski definition) is 0. The first-order valence-corrected chi connectivity index (χ1v) is 8.06. The second kappa shape index (κ2) is 5.61. The molecule has 21 heavy (non-hydrogen) atoms. The lowest BCUT2D eigenvalue weighted by molar-refractivity contribution is 0.627. The lowest BCUT2D eigenvalue weighted by Gasteiger charge is -2.19. The van der Waals surface area contributed by atoms with Crippen LogP contribution in [0.25, 0.3) is 5.65 Å². The zero-order chi connectivity index (χ0) is 15.0. The fraction of sp³-hybridized carbons (Fsp3) is 0.154. The van der Waals surface area contributed by atoms with Gasteiger partial charge in [0.1, 0.15) is 5.82 Å². The van der Waals surface area contributed by atoms with Crippen LogP contribution in [0.3, 0.4) is 0 Å². The lowest BCUT2D eigenvalue weighted by atomic mass is 10.3. The van der Waals surface area contributed by atoms with Gasteiger partial charge in [-0.2, -0.15) is 14.6 Å². The molecule has 0 aliphatic heterocycles. The van der Waals surface area contributed by atoms with Crippen LogP contribution in [0.5, 0.6) is 0 Å². The van der Waals surface area contributed by atoms with Gasteiger partial charge < -0.3 is 4.90 Å². The molecular weight excluding hydrogens is 357 g/mol. The second-order valence-electron chi connectivity index (χ2n) is 4.28. The maximum Gasteiger partial charge on any atom is 0.235 e. The molecule has 0 spiro atoms. The quantitative estimate of drug-likeness (QED) is 0.662. The highest BCUT2D eigenvalue weighted by atomic mass is 79.9. The Hall–Kier alpha value is -1.67. The Morgan fingerprint density at radius 1 is 1.33 bits per heavy atom. The molecule has 0 saturated heterocycles. The Morgan fingerprint density at radius 3 is 2.86 bits per heavy atom. The smallest absolute Gasteiger partial charge is 0.235 e. The maximum absolute atomic E-state index is 13.4. The molecule has 8 heteroatoms. The zero-order valence-corrected chi connectivity index (χ0v) is 13.7. The highest BCUT2D eigenvalue weighted by molar-refractivity contribution is 9.10. The Balaban J connectivity index is 2.18. The van der Waals surface area contributed by atoms with Crippen molar-refractivity contribution in [3.63, 3.8) is 0 Å². The molecule has 2 heterocycles. The number of fused-ring (bicyclic) bond motifs is 1. The van der Waals surface area contributed by atoms with Crippen molar-refractivity contribution >= 4 is 45.0 Å². The molecule has 0 saturated carbocycles. The number of thioether (sulfide) groups is 1. The SMILES string of the molecule is CSc1nc(N(C)c2cccc(F)c2)n2ncc(Br)c2n1. The van der Waals surface area contributed by atoms with Gasteiger partial charge in [0.15, 0.2) is 10.8 Å². The first-order chi connectivity index (χ1) is 10.1. The van der Waals surface area contributed by atoms with E-state index in [0.29, 0.717) is 22.4 Å². The van der Waals surface area contributed by atoms with Gasteiger partial charge in [-0.25, -0.2) is 9.37 Å². The summed E-state index contributed by atoms with van der Waals surface area (Å²) in [5.41, 5.74) is 1.36. The van der Waals surface area contributed by atoms with E-state index in [2.05, 4.69) is 31.0 Å². The Kier molecular flexibility index (Phi) is 3.81. The van der Waals surface area contributed by atoms with E-state index in [1.165, 1.54) is 23.9 Å². The molecule has 0 bridgehead atoms. The number of nitrogens with zero attached hydrogens (tertiary/aromatic N) is 5. The first-order valence-electron chi connectivity index (χ1n) is 6.04. The predicted molar refractivity (Wildman–Crippen MR) is 84.7 cm³/mol. The van der Waals surface area contributed by atoms with Crippen molar-refractivity contribution in [2.45, 2.75) is 5.16 Å². The van der Waals surface area contributed by atoms with Gasteiger partial charge in [0.05, 0.1) is 10.7 Å². The average Bonchev–Trinajstić information content (AvgIpc) is 2.87. The molecule has 1 aromatic carbocycles. The molecular formula is C13H11BrFN5S. The van der Waals surface area contributed by atoms with E-state index < -0.39 is 0 Å². The van der Waals surface area contributed by atoms with Gasteiger partial charge >= 0.3 is 0 Å². The number of benzene rings is 1. The van der Waals surface area contributed by atoms with Crippen LogP contribution < -0.4 is 4.90 Å². The largest absolute Gasteiger partial charge is 0.313 e. The van der Waals surface area contributed by atoms with E-state index in [4.69, 9.17) is 0 Å².